The van der Waals surface area contributed by atoms with E-state index in [1.165, 1.54) is 16.0 Å². The number of nitrogen functional groups attached to an aromatic ring is 1. The molecule has 0 saturated carbocycles. The largest absolute Gasteiger partial charge is 0.399 e. The highest BCUT2D eigenvalue weighted by atomic mass is 32.2. The van der Waals surface area contributed by atoms with Gasteiger partial charge < -0.3 is 5.73 Å². The van der Waals surface area contributed by atoms with E-state index in [2.05, 4.69) is 20.1 Å². The average molecular weight is 167 g/mol. The van der Waals surface area contributed by atoms with Crippen molar-refractivity contribution in [2.75, 3.05) is 12.0 Å². The zero-order chi connectivity index (χ0) is 8.43. The fourth-order valence-electron chi connectivity index (χ4n) is 1.07. The first-order chi connectivity index (χ1) is 5.15. The van der Waals surface area contributed by atoms with Gasteiger partial charge in [0.05, 0.1) is 0 Å². The maximum absolute atomic E-state index is 5.69. The van der Waals surface area contributed by atoms with Crippen LogP contribution in [0.5, 0.6) is 0 Å². The van der Waals surface area contributed by atoms with Gasteiger partial charge in [0.25, 0.3) is 0 Å². The van der Waals surface area contributed by atoms with Crippen LogP contribution in [0.1, 0.15) is 11.1 Å². The van der Waals surface area contributed by atoms with Crippen LogP contribution in [0.25, 0.3) is 0 Å². The van der Waals surface area contributed by atoms with Crippen LogP contribution in [0.2, 0.25) is 0 Å². The van der Waals surface area contributed by atoms with Crippen LogP contribution in [0, 0.1) is 13.8 Å². The molecule has 60 valence electrons. The number of anilines is 1. The van der Waals surface area contributed by atoms with Crippen molar-refractivity contribution in [2.24, 2.45) is 0 Å². The van der Waals surface area contributed by atoms with E-state index in [1.54, 1.807) is 11.8 Å². The van der Waals surface area contributed by atoms with E-state index >= 15 is 0 Å². The summed E-state index contributed by atoms with van der Waals surface area (Å²) in [4.78, 5) is 1.28. The van der Waals surface area contributed by atoms with E-state index in [0.29, 0.717) is 0 Å². The minimum atomic E-state index is 0.859. The number of thioether (sulfide) groups is 1. The van der Waals surface area contributed by atoms with Crippen molar-refractivity contribution in [3.8, 4) is 0 Å². The van der Waals surface area contributed by atoms with Crippen LogP contribution in [-0.2, 0) is 0 Å². The van der Waals surface area contributed by atoms with Crippen LogP contribution in [0.3, 0.4) is 0 Å². The molecule has 1 nitrogen and oxygen atoms in total. The molecule has 1 rings (SSSR count). The molecule has 0 radical (unpaired) electrons. The second-order valence-electron chi connectivity index (χ2n) is 2.67. The molecule has 2 N–H and O–H groups in total. The fourth-order valence-corrected chi connectivity index (χ4v) is 1.79. The van der Waals surface area contributed by atoms with E-state index in [1.807, 2.05) is 12.1 Å². The van der Waals surface area contributed by atoms with Gasteiger partial charge in [0.1, 0.15) is 0 Å². The third-order valence-corrected chi connectivity index (χ3v) is 2.73. The van der Waals surface area contributed by atoms with Crippen molar-refractivity contribution >= 4 is 17.4 Å². The summed E-state index contributed by atoms with van der Waals surface area (Å²) < 4.78 is 0. The lowest BCUT2D eigenvalue weighted by Crippen LogP contribution is -1.90. The molecular weight excluding hydrogens is 154 g/mol. The molecular formula is C9H13NS. The molecule has 0 saturated heterocycles. The highest BCUT2D eigenvalue weighted by Crippen LogP contribution is 2.25. The first-order valence-electron chi connectivity index (χ1n) is 3.56. The Morgan fingerprint density at radius 3 is 2.45 bits per heavy atom. The topological polar surface area (TPSA) is 26.0 Å². The summed E-state index contributed by atoms with van der Waals surface area (Å²) in [6.07, 6.45) is 2.07. The molecule has 0 bridgehead atoms. The summed E-state index contributed by atoms with van der Waals surface area (Å²) >= 11 is 1.74. The third-order valence-electron chi connectivity index (χ3n) is 1.86. The second-order valence-corrected chi connectivity index (χ2v) is 3.51. The lowest BCUT2D eigenvalue weighted by Gasteiger charge is -2.06. The molecule has 0 amide bonds. The molecule has 0 spiro atoms. The van der Waals surface area contributed by atoms with Crippen molar-refractivity contribution < 1.29 is 0 Å². The van der Waals surface area contributed by atoms with Crippen LogP contribution in [0.15, 0.2) is 17.0 Å². The van der Waals surface area contributed by atoms with Crippen molar-refractivity contribution in [1.82, 2.24) is 0 Å². The summed E-state index contributed by atoms with van der Waals surface area (Å²) in [5, 5.41) is 0. The maximum Gasteiger partial charge on any atom is 0.0328 e. The molecule has 0 aromatic heterocycles. The normalized spacial score (nSPS) is 10.1. The Balaban J connectivity index is 3.24. The predicted octanol–water partition coefficient (Wildman–Crippen LogP) is 2.61. The molecule has 11 heavy (non-hydrogen) atoms. The Morgan fingerprint density at radius 1 is 1.27 bits per heavy atom. The molecule has 0 aliphatic carbocycles. The smallest absolute Gasteiger partial charge is 0.0328 e. The molecule has 1 aromatic rings. The molecule has 2 heteroatoms. The number of hydrogen-bond acceptors (Lipinski definition) is 2. The van der Waals surface area contributed by atoms with E-state index in [4.69, 9.17) is 5.73 Å². The van der Waals surface area contributed by atoms with Gasteiger partial charge in [0, 0.05) is 10.6 Å². The van der Waals surface area contributed by atoms with Gasteiger partial charge in [-0.15, -0.1) is 11.8 Å². The summed E-state index contributed by atoms with van der Waals surface area (Å²) in [5.41, 5.74) is 9.16. The summed E-state index contributed by atoms with van der Waals surface area (Å²) in [6.45, 7) is 4.21. The van der Waals surface area contributed by atoms with E-state index in [0.717, 1.165) is 5.69 Å². The van der Waals surface area contributed by atoms with Crippen LogP contribution in [-0.4, -0.2) is 6.26 Å². The summed E-state index contributed by atoms with van der Waals surface area (Å²) in [6, 6.07) is 4.03. The van der Waals surface area contributed by atoms with Crippen molar-refractivity contribution in [2.45, 2.75) is 18.7 Å². The molecule has 1 aromatic carbocycles. The van der Waals surface area contributed by atoms with Gasteiger partial charge >= 0.3 is 0 Å². The molecule has 0 aliphatic rings. The van der Waals surface area contributed by atoms with E-state index < -0.39 is 0 Å². The highest BCUT2D eigenvalue weighted by molar-refractivity contribution is 7.98. The van der Waals surface area contributed by atoms with E-state index in [-0.39, 0.29) is 0 Å². The third kappa shape index (κ3) is 1.69. The van der Waals surface area contributed by atoms with Crippen LogP contribution >= 0.6 is 11.8 Å². The monoisotopic (exact) mass is 167 g/mol. The number of hydrogen-bond donors (Lipinski definition) is 1. The van der Waals surface area contributed by atoms with Gasteiger partial charge in [0.15, 0.2) is 0 Å². The first kappa shape index (κ1) is 8.47. The number of benzene rings is 1. The quantitative estimate of drug-likeness (QED) is 0.514. The van der Waals surface area contributed by atoms with Crippen molar-refractivity contribution in [1.29, 1.82) is 0 Å². The van der Waals surface area contributed by atoms with Gasteiger partial charge in [0.2, 0.25) is 0 Å². The fraction of sp³-hybridized carbons (Fsp3) is 0.333. The highest BCUT2D eigenvalue weighted by Gasteiger charge is 2.00. The Hall–Kier alpha value is -0.630. The first-order valence-corrected chi connectivity index (χ1v) is 4.78. The van der Waals surface area contributed by atoms with Gasteiger partial charge in [-0.25, -0.2) is 0 Å². The molecule has 0 fully saturated rings. The van der Waals surface area contributed by atoms with E-state index in [9.17, 15) is 0 Å². The zero-order valence-corrected chi connectivity index (χ0v) is 7.96. The standard InChI is InChI=1S/C9H13NS/c1-6-4-8(10)5-9(11-3)7(6)2/h4-5H,10H2,1-3H3. The summed E-state index contributed by atoms with van der Waals surface area (Å²) in [7, 11) is 0. The summed E-state index contributed by atoms with van der Waals surface area (Å²) in [5.74, 6) is 0. The molecule has 0 heterocycles. The lowest BCUT2D eigenvalue weighted by atomic mass is 10.1. The van der Waals surface area contributed by atoms with Crippen molar-refractivity contribution in [3.05, 3.63) is 23.3 Å². The van der Waals surface area contributed by atoms with Gasteiger partial charge in [-0.1, -0.05) is 0 Å². The molecule has 0 unspecified atom stereocenters. The zero-order valence-electron chi connectivity index (χ0n) is 7.14. The Kier molecular flexibility index (Phi) is 2.45. The molecule has 0 aliphatic heterocycles. The Bertz CT molecular complexity index is 269. The number of aryl methyl sites for hydroxylation is 1. The van der Waals surface area contributed by atoms with Gasteiger partial charge in [-0.3, -0.25) is 0 Å². The van der Waals surface area contributed by atoms with Crippen molar-refractivity contribution in [3.63, 3.8) is 0 Å². The number of rotatable bonds is 1. The lowest BCUT2D eigenvalue weighted by molar-refractivity contribution is 1.24. The maximum atomic E-state index is 5.69. The average Bonchev–Trinajstić information content (AvgIpc) is 1.96. The van der Waals surface area contributed by atoms with Gasteiger partial charge in [-0.05, 0) is 43.4 Å². The van der Waals surface area contributed by atoms with Crippen LogP contribution in [0.4, 0.5) is 5.69 Å². The Morgan fingerprint density at radius 2 is 1.91 bits per heavy atom. The Labute approximate surface area is 72.0 Å². The van der Waals surface area contributed by atoms with Gasteiger partial charge in [-0.2, -0.15) is 0 Å². The second kappa shape index (κ2) is 3.18. The minimum Gasteiger partial charge on any atom is -0.399 e. The SMILES string of the molecule is CSc1cc(N)cc(C)c1C. The number of nitrogens with two attached hydrogens (primary N) is 1. The van der Waals surface area contributed by atoms with Crippen LogP contribution < -0.4 is 5.73 Å². The predicted molar refractivity (Wildman–Crippen MR) is 52.1 cm³/mol. The molecule has 0 atom stereocenters. The minimum absolute atomic E-state index is 0.859.